The molecule has 1 fully saturated rings. The third-order valence-electron chi connectivity index (χ3n) is 4.39. The molecule has 0 radical (unpaired) electrons. The first-order valence-corrected chi connectivity index (χ1v) is 12.9. The van der Waals surface area contributed by atoms with Gasteiger partial charge in [-0.1, -0.05) is 27.0 Å². The van der Waals surface area contributed by atoms with Crippen LogP contribution in [-0.4, -0.2) is 54.6 Å². The molecule has 2 aliphatic rings. The number of aliphatic hydroxyl groups is 1. The van der Waals surface area contributed by atoms with Crippen LogP contribution < -0.4 is 0 Å². The van der Waals surface area contributed by atoms with E-state index in [-0.39, 0.29) is 0 Å². The van der Waals surface area contributed by atoms with Crippen LogP contribution in [0.3, 0.4) is 0 Å². The van der Waals surface area contributed by atoms with Crippen molar-refractivity contribution in [1.29, 1.82) is 0 Å². The van der Waals surface area contributed by atoms with Gasteiger partial charge in [0.05, 0.1) is 12.7 Å². The molecule has 0 aromatic heterocycles. The Balaban J connectivity index is 2.07. The van der Waals surface area contributed by atoms with Gasteiger partial charge in [0.1, 0.15) is 12.3 Å². The van der Waals surface area contributed by atoms with Crippen LogP contribution in [-0.2, 0) is 31.6 Å². The number of nitrogens with zero attached hydrogens (tertiary/aromatic N) is 1. The summed E-state index contributed by atoms with van der Waals surface area (Å²) in [4.78, 5) is 37.5. The summed E-state index contributed by atoms with van der Waals surface area (Å²) in [7, 11) is -16.4. The van der Waals surface area contributed by atoms with Gasteiger partial charge in [-0.25, -0.2) is 13.7 Å². The molecule has 0 aromatic carbocycles. The number of rotatable bonds is 8. The summed E-state index contributed by atoms with van der Waals surface area (Å²) in [6.45, 7) is 10.4. The van der Waals surface area contributed by atoms with Crippen LogP contribution >= 0.6 is 23.5 Å². The van der Waals surface area contributed by atoms with Crippen molar-refractivity contribution in [2.24, 2.45) is 5.41 Å². The molecule has 5 unspecified atom stereocenters. The highest BCUT2D eigenvalue weighted by atomic mass is 31.3. The third-order valence-corrected chi connectivity index (χ3v) is 8.19. The summed E-state index contributed by atoms with van der Waals surface area (Å²) in [5, 5.41) is 10.6. The number of hydrogen-bond donors (Lipinski definition) is 5. The SMILES string of the molecule is C=C1C=CN(C2OC(COP(=O)(O)OP(=O)(O)OP(=O)(O)O)C(O)C2(C)C)C(=C)C1. The number of hydrogen-bond acceptors (Lipinski definition) is 9. The van der Waals surface area contributed by atoms with Crippen molar-refractivity contribution in [1.82, 2.24) is 4.90 Å². The Morgan fingerprint density at radius 1 is 1.17 bits per heavy atom. The van der Waals surface area contributed by atoms with Crippen molar-refractivity contribution >= 4 is 23.5 Å². The second kappa shape index (κ2) is 8.71. The average molecular weight is 491 g/mol. The van der Waals surface area contributed by atoms with Gasteiger partial charge in [-0.2, -0.15) is 8.62 Å². The molecular formula is C14H24NO12P3. The molecule has 0 amide bonds. The maximum atomic E-state index is 11.9. The Bertz CT molecular complexity index is 879. The molecule has 5 N–H and O–H groups in total. The Morgan fingerprint density at radius 3 is 2.30 bits per heavy atom. The molecular weight excluding hydrogens is 467 g/mol. The number of aliphatic hydroxyl groups excluding tert-OH is 1. The minimum Gasteiger partial charge on any atom is -0.390 e. The predicted octanol–water partition coefficient (Wildman–Crippen LogP) is 1.73. The van der Waals surface area contributed by atoms with Gasteiger partial charge >= 0.3 is 23.5 Å². The van der Waals surface area contributed by atoms with E-state index in [1.165, 1.54) is 0 Å². The fraction of sp³-hybridized carbons (Fsp3) is 0.571. The largest absolute Gasteiger partial charge is 0.490 e. The molecule has 2 rings (SSSR count). The molecule has 5 atom stereocenters. The first-order valence-electron chi connectivity index (χ1n) is 8.37. The van der Waals surface area contributed by atoms with Crippen LogP contribution in [0.25, 0.3) is 0 Å². The van der Waals surface area contributed by atoms with E-state index < -0.39 is 53.9 Å². The summed E-state index contributed by atoms with van der Waals surface area (Å²) in [6, 6.07) is 0. The first kappa shape index (κ1) is 25.6. The summed E-state index contributed by atoms with van der Waals surface area (Å²) in [6.07, 6.45) is 0.841. The van der Waals surface area contributed by atoms with Gasteiger partial charge in [-0.05, 0) is 11.6 Å². The van der Waals surface area contributed by atoms with Gasteiger partial charge in [0, 0.05) is 23.7 Å². The molecule has 0 aromatic rings. The fourth-order valence-electron chi connectivity index (χ4n) is 3.01. The Morgan fingerprint density at radius 2 is 1.77 bits per heavy atom. The highest BCUT2D eigenvalue weighted by molar-refractivity contribution is 7.66. The average Bonchev–Trinajstić information content (AvgIpc) is 2.73. The fourth-order valence-corrected chi connectivity index (χ4v) is 6.04. The van der Waals surface area contributed by atoms with E-state index in [0.29, 0.717) is 12.1 Å². The van der Waals surface area contributed by atoms with E-state index in [4.69, 9.17) is 14.5 Å². The Kier molecular flexibility index (Phi) is 7.43. The lowest BCUT2D eigenvalue weighted by molar-refractivity contribution is -0.0670. The number of ether oxygens (including phenoxy) is 1. The third kappa shape index (κ3) is 6.43. The van der Waals surface area contributed by atoms with Gasteiger partial charge in [-0.3, -0.25) is 4.52 Å². The van der Waals surface area contributed by atoms with Gasteiger partial charge in [0.25, 0.3) is 0 Å². The second-order valence-electron chi connectivity index (χ2n) is 7.30. The van der Waals surface area contributed by atoms with E-state index in [1.54, 1.807) is 31.0 Å². The molecule has 0 saturated carbocycles. The molecule has 13 nitrogen and oxygen atoms in total. The van der Waals surface area contributed by atoms with Crippen LogP contribution in [0.2, 0.25) is 0 Å². The molecule has 0 spiro atoms. The molecule has 16 heteroatoms. The predicted molar refractivity (Wildman–Crippen MR) is 102 cm³/mol. The quantitative estimate of drug-likeness (QED) is 0.309. The molecule has 2 heterocycles. The smallest absolute Gasteiger partial charge is 0.390 e. The Hall–Kier alpha value is -0.650. The number of allylic oxidation sites excluding steroid dienone is 2. The lowest BCUT2D eigenvalue weighted by atomic mass is 9.83. The van der Waals surface area contributed by atoms with Crippen molar-refractivity contribution < 1.29 is 56.3 Å². The lowest BCUT2D eigenvalue weighted by Crippen LogP contribution is -2.44. The maximum Gasteiger partial charge on any atom is 0.490 e. The van der Waals surface area contributed by atoms with Crippen LogP contribution in [0, 0.1) is 5.41 Å². The number of phosphoric ester groups is 1. The van der Waals surface area contributed by atoms with Gasteiger partial charge in [0.2, 0.25) is 0 Å². The second-order valence-corrected chi connectivity index (χ2v) is 11.7. The van der Waals surface area contributed by atoms with E-state index >= 15 is 0 Å². The molecule has 0 bridgehead atoms. The summed E-state index contributed by atoms with van der Waals surface area (Å²) in [5.41, 5.74) is 0.592. The van der Waals surface area contributed by atoms with E-state index in [9.17, 15) is 28.6 Å². The lowest BCUT2D eigenvalue weighted by Gasteiger charge is -2.38. The molecule has 172 valence electrons. The van der Waals surface area contributed by atoms with Crippen LogP contribution in [0.5, 0.6) is 0 Å². The normalized spacial score (nSPS) is 30.9. The highest BCUT2D eigenvalue weighted by Crippen LogP contribution is 2.66. The number of phosphoric acid groups is 3. The van der Waals surface area contributed by atoms with Crippen molar-refractivity contribution in [2.75, 3.05) is 6.61 Å². The zero-order valence-corrected chi connectivity index (χ0v) is 18.8. The van der Waals surface area contributed by atoms with Crippen molar-refractivity contribution in [3.05, 3.63) is 36.7 Å². The van der Waals surface area contributed by atoms with E-state index in [1.807, 2.05) is 0 Å². The monoisotopic (exact) mass is 491 g/mol. The summed E-state index contributed by atoms with van der Waals surface area (Å²) < 4.78 is 51.5. The zero-order chi connectivity index (χ0) is 23.1. The first-order chi connectivity index (χ1) is 13.4. The molecule has 1 saturated heterocycles. The van der Waals surface area contributed by atoms with Gasteiger partial charge < -0.3 is 34.3 Å². The minimum atomic E-state index is -5.63. The van der Waals surface area contributed by atoms with E-state index in [0.717, 1.165) is 5.57 Å². The van der Waals surface area contributed by atoms with Crippen molar-refractivity contribution in [3.8, 4) is 0 Å². The summed E-state index contributed by atoms with van der Waals surface area (Å²) >= 11 is 0. The topological polar surface area (TPSA) is 193 Å². The van der Waals surface area contributed by atoms with Crippen LogP contribution in [0.15, 0.2) is 36.7 Å². The molecule has 0 aliphatic carbocycles. The molecule has 30 heavy (non-hydrogen) atoms. The van der Waals surface area contributed by atoms with Crippen molar-refractivity contribution in [3.63, 3.8) is 0 Å². The van der Waals surface area contributed by atoms with Crippen LogP contribution in [0.4, 0.5) is 0 Å². The van der Waals surface area contributed by atoms with Gasteiger partial charge in [0.15, 0.2) is 0 Å². The summed E-state index contributed by atoms with van der Waals surface area (Å²) in [5.74, 6) is 0. The highest BCUT2D eigenvalue weighted by Gasteiger charge is 2.53. The van der Waals surface area contributed by atoms with E-state index in [2.05, 4.69) is 26.3 Å². The zero-order valence-electron chi connectivity index (χ0n) is 16.1. The van der Waals surface area contributed by atoms with Gasteiger partial charge in [-0.15, -0.1) is 0 Å². The molecule has 2 aliphatic heterocycles. The standard InChI is InChI=1S/C14H24NO12P3/c1-9-5-6-15(10(2)7-9)13-14(3,4)12(16)11(25-13)8-24-29(20,21)27-30(22,23)26-28(17,18)19/h5-6,11-13,16H,1-2,7-8H2,3-4H3,(H,20,21)(H,22,23)(H2,17,18,19). The minimum absolute atomic E-state index is 0.481. The Labute approximate surface area is 172 Å². The van der Waals surface area contributed by atoms with Crippen molar-refractivity contribution in [2.45, 2.75) is 38.7 Å². The maximum absolute atomic E-state index is 11.9. The van der Waals surface area contributed by atoms with Crippen LogP contribution in [0.1, 0.15) is 20.3 Å².